The molecule has 0 atom stereocenters. The van der Waals surface area contributed by atoms with E-state index in [1.54, 1.807) is 0 Å². The number of nitrogens with one attached hydrogen (secondary N) is 2. The lowest BCUT2D eigenvalue weighted by Gasteiger charge is -2.14. The van der Waals surface area contributed by atoms with Crippen LogP contribution in [0.25, 0.3) is 0 Å². The minimum Gasteiger partial charge on any atom is -0.490 e. The van der Waals surface area contributed by atoms with Gasteiger partial charge in [0.1, 0.15) is 5.76 Å². The lowest BCUT2D eigenvalue weighted by Crippen LogP contribution is -2.20. The molecule has 0 saturated carbocycles. The van der Waals surface area contributed by atoms with E-state index in [9.17, 15) is 4.79 Å². The average molecular weight is 424 g/mol. The summed E-state index contributed by atoms with van der Waals surface area (Å²) in [5, 5.41) is 6.21. The van der Waals surface area contributed by atoms with Crippen LogP contribution in [0.5, 0.6) is 11.5 Å². The van der Waals surface area contributed by atoms with Gasteiger partial charge in [0.2, 0.25) is 0 Å². The van der Waals surface area contributed by atoms with Crippen LogP contribution in [-0.4, -0.2) is 30.6 Å². The zero-order chi connectivity index (χ0) is 22.1. The standard InChI is InChI=1S/C24H29N3O4/c1-4-29-23-14-19(15-25-13-12-21-17(2)31-18(3)26-21)10-11-22(23)30-16-24(28)27-20-8-6-5-7-9-20/h5-11,14,25H,4,12-13,15-16H2,1-3H3,(H,27,28). The third-order valence-corrected chi connectivity index (χ3v) is 4.59. The molecule has 0 aliphatic carbocycles. The van der Waals surface area contributed by atoms with E-state index < -0.39 is 0 Å². The van der Waals surface area contributed by atoms with Gasteiger partial charge in [0.05, 0.1) is 12.3 Å². The first-order chi connectivity index (χ1) is 15.0. The second kappa shape index (κ2) is 11.2. The molecule has 2 aromatic carbocycles. The Kier molecular flexibility index (Phi) is 8.06. The van der Waals surface area contributed by atoms with Gasteiger partial charge in [-0.15, -0.1) is 0 Å². The summed E-state index contributed by atoms with van der Waals surface area (Å²) in [6, 6.07) is 15.0. The number of hydrogen-bond acceptors (Lipinski definition) is 6. The van der Waals surface area contributed by atoms with E-state index in [2.05, 4.69) is 15.6 Å². The van der Waals surface area contributed by atoms with Crippen LogP contribution in [0.1, 0.15) is 29.8 Å². The van der Waals surface area contributed by atoms with E-state index in [0.717, 1.165) is 35.7 Å². The predicted octanol–water partition coefficient (Wildman–Crippen LogP) is 4.04. The first-order valence-electron chi connectivity index (χ1n) is 10.4. The summed E-state index contributed by atoms with van der Waals surface area (Å²) >= 11 is 0. The molecule has 0 fully saturated rings. The van der Waals surface area contributed by atoms with E-state index in [1.165, 1.54) is 0 Å². The van der Waals surface area contributed by atoms with Crippen LogP contribution >= 0.6 is 0 Å². The molecule has 0 unspecified atom stereocenters. The number of ether oxygens (including phenoxy) is 2. The van der Waals surface area contributed by atoms with Crippen molar-refractivity contribution in [3.63, 3.8) is 0 Å². The quantitative estimate of drug-likeness (QED) is 0.453. The van der Waals surface area contributed by atoms with Crippen LogP contribution in [-0.2, 0) is 17.8 Å². The molecule has 0 aliphatic rings. The van der Waals surface area contributed by atoms with Crippen LogP contribution < -0.4 is 20.1 Å². The highest BCUT2D eigenvalue weighted by molar-refractivity contribution is 5.91. The molecule has 3 aromatic rings. The molecule has 7 heteroatoms. The number of oxazole rings is 1. The molecule has 31 heavy (non-hydrogen) atoms. The Hall–Kier alpha value is -3.32. The van der Waals surface area contributed by atoms with Gasteiger partial charge in [0.15, 0.2) is 24.0 Å². The highest BCUT2D eigenvalue weighted by Gasteiger charge is 2.10. The van der Waals surface area contributed by atoms with Gasteiger partial charge in [-0.25, -0.2) is 4.98 Å². The second-order valence-corrected chi connectivity index (χ2v) is 7.08. The van der Waals surface area contributed by atoms with Gasteiger partial charge in [0, 0.05) is 32.1 Å². The van der Waals surface area contributed by atoms with Gasteiger partial charge in [-0.05, 0) is 43.7 Å². The Morgan fingerprint density at radius 2 is 1.87 bits per heavy atom. The van der Waals surface area contributed by atoms with Gasteiger partial charge in [-0.1, -0.05) is 24.3 Å². The number of aromatic nitrogens is 1. The number of aryl methyl sites for hydroxylation is 2. The van der Waals surface area contributed by atoms with Crippen LogP contribution in [0, 0.1) is 13.8 Å². The van der Waals surface area contributed by atoms with Crippen molar-refractivity contribution in [3.05, 3.63) is 71.4 Å². The number of amides is 1. The molecule has 1 heterocycles. The molecule has 2 N–H and O–H groups in total. The number of hydrogen-bond donors (Lipinski definition) is 2. The molecule has 0 spiro atoms. The topological polar surface area (TPSA) is 85.6 Å². The Morgan fingerprint density at radius 3 is 2.58 bits per heavy atom. The summed E-state index contributed by atoms with van der Waals surface area (Å²) in [4.78, 5) is 16.5. The van der Waals surface area contributed by atoms with Gasteiger partial charge in [0.25, 0.3) is 5.91 Å². The van der Waals surface area contributed by atoms with Gasteiger partial charge < -0.3 is 24.5 Å². The van der Waals surface area contributed by atoms with Crippen LogP contribution in [0.3, 0.4) is 0 Å². The number of benzene rings is 2. The van der Waals surface area contributed by atoms with Crippen molar-refractivity contribution < 1.29 is 18.7 Å². The minimum atomic E-state index is -0.224. The fourth-order valence-electron chi connectivity index (χ4n) is 3.16. The summed E-state index contributed by atoms with van der Waals surface area (Å²) < 4.78 is 16.9. The van der Waals surface area contributed by atoms with Crippen molar-refractivity contribution in [3.8, 4) is 11.5 Å². The second-order valence-electron chi connectivity index (χ2n) is 7.08. The van der Waals surface area contributed by atoms with Gasteiger partial charge in [-0.2, -0.15) is 0 Å². The minimum absolute atomic E-state index is 0.0942. The Bertz CT molecular complexity index is 986. The molecule has 164 valence electrons. The maximum atomic E-state index is 12.1. The largest absolute Gasteiger partial charge is 0.490 e. The van der Waals surface area contributed by atoms with Crippen molar-refractivity contribution in [1.82, 2.24) is 10.3 Å². The first-order valence-corrected chi connectivity index (χ1v) is 10.4. The zero-order valence-corrected chi connectivity index (χ0v) is 18.2. The molecule has 0 radical (unpaired) electrons. The maximum Gasteiger partial charge on any atom is 0.262 e. The van der Waals surface area contributed by atoms with Crippen molar-refractivity contribution in [2.45, 2.75) is 33.7 Å². The number of nitrogens with zero attached hydrogens (tertiary/aromatic N) is 1. The molecule has 7 nitrogen and oxygen atoms in total. The summed E-state index contributed by atoms with van der Waals surface area (Å²) in [7, 11) is 0. The number of carbonyl (C=O) groups excluding carboxylic acids is 1. The summed E-state index contributed by atoms with van der Waals surface area (Å²) in [5.74, 6) is 2.51. The third-order valence-electron chi connectivity index (χ3n) is 4.59. The van der Waals surface area contributed by atoms with Crippen molar-refractivity contribution >= 4 is 11.6 Å². The first kappa shape index (κ1) is 22.4. The molecule has 1 aromatic heterocycles. The fourth-order valence-corrected chi connectivity index (χ4v) is 3.16. The van der Waals surface area contributed by atoms with E-state index in [-0.39, 0.29) is 12.5 Å². The SMILES string of the molecule is CCOc1cc(CNCCc2nc(C)oc2C)ccc1OCC(=O)Nc1ccccc1. The molecule has 0 bridgehead atoms. The average Bonchev–Trinajstić information content (AvgIpc) is 3.08. The number of carbonyl (C=O) groups is 1. The van der Waals surface area contributed by atoms with Crippen LogP contribution in [0.2, 0.25) is 0 Å². The normalized spacial score (nSPS) is 10.7. The highest BCUT2D eigenvalue weighted by Crippen LogP contribution is 2.28. The van der Waals surface area contributed by atoms with E-state index in [0.29, 0.717) is 30.5 Å². The van der Waals surface area contributed by atoms with Crippen LogP contribution in [0.15, 0.2) is 52.9 Å². The summed E-state index contributed by atoms with van der Waals surface area (Å²) in [6.07, 6.45) is 0.805. The van der Waals surface area contributed by atoms with Gasteiger partial charge in [-0.3, -0.25) is 4.79 Å². The Balaban J connectivity index is 1.51. The molecule has 0 saturated heterocycles. The van der Waals surface area contributed by atoms with Crippen molar-refractivity contribution in [2.24, 2.45) is 0 Å². The highest BCUT2D eigenvalue weighted by atomic mass is 16.5. The number of para-hydroxylation sites is 1. The monoisotopic (exact) mass is 423 g/mol. The smallest absolute Gasteiger partial charge is 0.262 e. The zero-order valence-electron chi connectivity index (χ0n) is 18.2. The Morgan fingerprint density at radius 1 is 1.06 bits per heavy atom. The lowest BCUT2D eigenvalue weighted by atomic mass is 10.2. The maximum absolute atomic E-state index is 12.1. The van der Waals surface area contributed by atoms with Gasteiger partial charge >= 0.3 is 0 Å². The fraction of sp³-hybridized carbons (Fsp3) is 0.333. The predicted molar refractivity (Wildman–Crippen MR) is 120 cm³/mol. The summed E-state index contributed by atoms with van der Waals surface area (Å²) in [6.45, 7) is 7.59. The third kappa shape index (κ3) is 6.86. The van der Waals surface area contributed by atoms with Crippen LogP contribution in [0.4, 0.5) is 5.69 Å². The van der Waals surface area contributed by atoms with E-state index in [1.807, 2.05) is 69.3 Å². The molecule has 1 amide bonds. The van der Waals surface area contributed by atoms with E-state index >= 15 is 0 Å². The molecular weight excluding hydrogens is 394 g/mol. The van der Waals surface area contributed by atoms with E-state index in [4.69, 9.17) is 13.9 Å². The molecular formula is C24H29N3O4. The number of rotatable bonds is 11. The Labute approximate surface area is 182 Å². The van der Waals surface area contributed by atoms with Crippen molar-refractivity contribution in [2.75, 3.05) is 25.1 Å². The lowest BCUT2D eigenvalue weighted by molar-refractivity contribution is -0.118. The molecule has 0 aliphatic heterocycles. The molecule has 3 rings (SSSR count). The number of anilines is 1. The van der Waals surface area contributed by atoms with Crippen molar-refractivity contribution in [1.29, 1.82) is 0 Å². The summed E-state index contributed by atoms with van der Waals surface area (Å²) in [5.41, 5.74) is 2.79.